The number of nitrogens with one attached hydrogen (secondary N) is 1. The first-order chi connectivity index (χ1) is 11.0. The van der Waals surface area contributed by atoms with E-state index in [2.05, 4.69) is 10.3 Å². The number of carboxylic acids is 1. The van der Waals surface area contributed by atoms with E-state index in [9.17, 15) is 9.18 Å². The summed E-state index contributed by atoms with van der Waals surface area (Å²) in [5.41, 5.74) is 2.49. The second-order valence-electron chi connectivity index (χ2n) is 4.94. The molecule has 3 aromatic rings. The van der Waals surface area contributed by atoms with E-state index in [0.29, 0.717) is 10.8 Å². The van der Waals surface area contributed by atoms with Crippen molar-refractivity contribution in [2.75, 3.05) is 5.32 Å². The van der Waals surface area contributed by atoms with Crippen molar-refractivity contribution in [3.8, 4) is 11.3 Å². The summed E-state index contributed by atoms with van der Waals surface area (Å²) in [6, 6.07) is 12.7. The Labute approximate surface area is 136 Å². The van der Waals surface area contributed by atoms with Crippen LogP contribution in [0.15, 0.2) is 48.5 Å². The minimum atomic E-state index is -0.976. The SMILES string of the molecule is Cc1sc(Nc2cccc(C(=O)O)c2)nc1-c1ccc(F)cc1. The molecule has 0 amide bonds. The zero-order chi connectivity index (χ0) is 16.4. The number of aromatic nitrogens is 1. The van der Waals surface area contributed by atoms with Gasteiger partial charge >= 0.3 is 5.97 Å². The van der Waals surface area contributed by atoms with Crippen LogP contribution >= 0.6 is 11.3 Å². The Kier molecular flexibility index (Phi) is 4.08. The van der Waals surface area contributed by atoms with Crippen molar-refractivity contribution in [3.63, 3.8) is 0 Å². The van der Waals surface area contributed by atoms with Gasteiger partial charge in [-0.3, -0.25) is 0 Å². The average molecular weight is 328 g/mol. The molecule has 1 heterocycles. The Morgan fingerprint density at radius 2 is 1.96 bits per heavy atom. The number of anilines is 2. The van der Waals surface area contributed by atoms with Gasteiger partial charge < -0.3 is 10.4 Å². The van der Waals surface area contributed by atoms with Crippen LogP contribution in [0, 0.1) is 12.7 Å². The third kappa shape index (κ3) is 3.37. The fourth-order valence-electron chi connectivity index (χ4n) is 2.18. The summed E-state index contributed by atoms with van der Waals surface area (Å²) in [6.45, 7) is 1.94. The van der Waals surface area contributed by atoms with E-state index in [1.54, 1.807) is 30.3 Å². The summed E-state index contributed by atoms with van der Waals surface area (Å²) in [4.78, 5) is 16.5. The van der Waals surface area contributed by atoms with Crippen LogP contribution in [0.4, 0.5) is 15.2 Å². The molecule has 1 aromatic heterocycles. The van der Waals surface area contributed by atoms with Gasteiger partial charge in [0.25, 0.3) is 0 Å². The third-order valence-corrected chi connectivity index (χ3v) is 4.16. The van der Waals surface area contributed by atoms with Gasteiger partial charge in [-0.25, -0.2) is 14.2 Å². The summed E-state index contributed by atoms with van der Waals surface area (Å²) in [5, 5.41) is 12.8. The van der Waals surface area contributed by atoms with Crippen LogP contribution in [-0.4, -0.2) is 16.1 Å². The fourth-order valence-corrected chi connectivity index (χ4v) is 3.03. The van der Waals surface area contributed by atoms with Gasteiger partial charge in [-0.1, -0.05) is 6.07 Å². The number of hydrogen-bond acceptors (Lipinski definition) is 4. The van der Waals surface area contributed by atoms with Crippen LogP contribution < -0.4 is 5.32 Å². The summed E-state index contributed by atoms with van der Waals surface area (Å²) in [5.74, 6) is -1.26. The number of carboxylic acid groups (broad SMARTS) is 1. The van der Waals surface area contributed by atoms with E-state index in [1.165, 1.54) is 29.5 Å². The average Bonchev–Trinajstić information content (AvgIpc) is 2.89. The normalized spacial score (nSPS) is 10.5. The molecule has 116 valence electrons. The monoisotopic (exact) mass is 328 g/mol. The highest BCUT2D eigenvalue weighted by atomic mass is 32.1. The minimum absolute atomic E-state index is 0.210. The number of nitrogens with zero attached hydrogens (tertiary/aromatic N) is 1. The summed E-state index contributed by atoms with van der Waals surface area (Å²) >= 11 is 1.46. The van der Waals surface area contributed by atoms with Gasteiger partial charge in [0.1, 0.15) is 5.82 Å². The third-order valence-electron chi connectivity index (χ3n) is 3.28. The lowest BCUT2D eigenvalue weighted by Gasteiger charge is -2.03. The van der Waals surface area contributed by atoms with Gasteiger partial charge in [0.05, 0.1) is 11.3 Å². The van der Waals surface area contributed by atoms with Gasteiger partial charge in [-0.15, -0.1) is 11.3 Å². The van der Waals surface area contributed by atoms with Gasteiger partial charge in [-0.2, -0.15) is 0 Å². The van der Waals surface area contributed by atoms with Crippen LogP contribution in [0.3, 0.4) is 0 Å². The molecule has 0 saturated heterocycles. The Balaban J connectivity index is 1.88. The highest BCUT2D eigenvalue weighted by Crippen LogP contribution is 2.32. The van der Waals surface area contributed by atoms with Crippen LogP contribution in [0.2, 0.25) is 0 Å². The smallest absolute Gasteiger partial charge is 0.335 e. The number of thiazole rings is 1. The van der Waals surface area contributed by atoms with E-state index in [4.69, 9.17) is 5.11 Å². The van der Waals surface area contributed by atoms with E-state index in [0.717, 1.165) is 16.1 Å². The predicted molar refractivity (Wildman–Crippen MR) is 88.9 cm³/mol. The molecular weight excluding hydrogens is 315 g/mol. The highest BCUT2D eigenvalue weighted by molar-refractivity contribution is 7.16. The first kappa shape index (κ1) is 15.2. The molecule has 0 aliphatic heterocycles. The molecule has 0 unspecified atom stereocenters. The summed E-state index contributed by atoms with van der Waals surface area (Å²) in [7, 11) is 0. The Morgan fingerprint density at radius 3 is 2.65 bits per heavy atom. The second-order valence-corrected chi connectivity index (χ2v) is 6.14. The van der Waals surface area contributed by atoms with E-state index in [1.807, 2.05) is 6.92 Å². The first-order valence-electron chi connectivity index (χ1n) is 6.86. The lowest BCUT2D eigenvalue weighted by molar-refractivity contribution is 0.0697. The van der Waals surface area contributed by atoms with Gasteiger partial charge in [0, 0.05) is 16.1 Å². The predicted octanol–water partition coefficient (Wildman–Crippen LogP) is 4.70. The molecule has 0 aliphatic rings. The van der Waals surface area contributed by atoms with Crippen LogP contribution in [0.5, 0.6) is 0 Å². The molecule has 0 bridgehead atoms. The molecule has 23 heavy (non-hydrogen) atoms. The van der Waals surface area contributed by atoms with Gasteiger partial charge in [-0.05, 0) is 49.4 Å². The highest BCUT2D eigenvalue weighted by Gasteiger charge is 2.11. The Hall–Kier alpha value is -2.73. The molecule has 0 saturated carbocycles. The number of carbonyl (C=O) groups is 1. The molecule has 0 atom stereocenters. The van der Waals surface area contributed by atoms with Crippen molar-refractivity contribution >= 4 is 28.1 Å². The largest absolute Gasteiger partial charge is 0.478 e. The first-order valence-corrected chi connectivity index (χ1v) is 7.68. The Bertz CT molecular complexity index is 859. The van der Waals surface area contributed by atoms with Crippen molar-refractivity contribution in [3.05, 3.63) is 64.8 Å². The number of rotatable bonds is 4. The van der Waals surface area contributed by atoms with Crippen LogP contribution in [0.1, 0.15) is 15.2 Å². The number of benzene rings is 2. The van der Waals surface area contributed by atoms with Crippen molar-refractivity contribution in [1.82, 2.24) is 4.98 Å². The van der Waals surface area contributed by atoms with E-state index in [-0.39, 0.29) is 11.4 Å². The zero-order valence-electron chi connectivity index (χ0n) is 12.2. The van der Waals surface area contributed by atoms with Crippen molar-refractivity contribution in [1.29, 1.82) is 0 Å². The molecule has 0 spiro atoms. The van der Waals surface area contributed by atoms with Crippen molar-refractivity contribution < 1.29 is 14.3 Å². The summed E-state index contributed by atoms with van der Waals surface area (Å²) in [6.07, 6.45) is 0. The molecule has 4 nitrogen and oxygen atoms in total. The molecule has 0 fully saturated rings. The van der Waals surface area contributed by atoms with Crippen LogP contribution in [0.25, 0.3) is 11.3 Å². The number of halogens is 1. The van der Waals surface area contributed by atoms with Crippen LogP contribution in [-0.2, 0) is 0 Å². The molecular formula is C17H13FN2O2S. The maximum atomic E-state index is 13.0. The van der Waals surface area contributed by atoms with E-state index >= 15 is 0 Å². The molecule has 6 heteroatoms. The quantitative estimate of drug-likeness (QED) is 0.729. The van der Waals surface area contributed by atoms with Crippen molar-refractivity contribution in [2.45, 2.75) is 6.92 Å². The number of aryl methyl sites for hydroxylation is 1. The maximum Gasteiger partial charge on any atom is 0.335 e. The van der Waals surface area contributed by atoms with Gasteiger partial charge in [0.2, 0.25) is 0 Å². The number of hydrogen-bond donors (Lipinski definition) is 2. The van der Waals surface area contributed by atoms with Gasteiger partial charge in [0.15, 0.2) is 5.13 Å². The molecule has 2 aromatic carbocycles. The summed E-state index contributed by atoms with van der Waals surface area (Å²) < 4.78 is 13.0. The van der Waals surface area contributed by atoms with E-state index < -0.39 is 5.97 Å². The minimum Gasteiger partial charge on any atom is -0.478 e. The lowest BCUT2D eigenvalue weighted by Crippen LogP contribution is -1.97. The fraction of sp³-hybridized carbons (Fsp3) is 0.0588. The number of aromatic carboxylic acids is 1. The maximum absolute atomic E-state index is 13.0. The zero-order valence-corrected chi connectivity index (χ0v) is 13.0. The molecule has 0 aliphatic carbocycles. The molecule has 2 N–H and O–H groups in total. The lowest BCUT2D eigenvalue weighted by atomic mass is 10.1. The van der Waals surface area contributed by atoms with Crippen molar-refractivity contribution in [2.24, 2.45) is 0 Å². The topological polar surface area (TPSA) is 62.2 Å². The molecule has 3 rings (SSSR count). The second kappa shape index (κ2) is 6.18. The Morgan fingerprint density at radius 1 is 1.22 bits per heavy atom. The standard InChI is InChI=1S/C17H13FN2O2S/c1-10-15(11-5-7-13(18)8-6-11)20-17(23-10)19-14-4-2-3-12(9-14)16(21)22/h2-9H,1H3,(H,19,20)(H,21,22). The molecule has 0 radical (unpaired) electrons.